The van der Waals surface area contributed by atoms with Crippen molar-refractivity contribution in [2.45, 2.75) is 12.6 Å². The summed E-state index contributed by atoms with van der Waals surface area (Å²) in [6.07, 6.45) is 0. The Kier molecular flexibility index (Phi) is 6.01. The van der Waals surface area contributed by atoms with Crippen molar-refractivity contribution in [3.63, 3.8) is 0 Å². The normalized spacial score (nSPS) is 11.5. The van der Waals surface area contributed by atoms with Crippen LogP contribution in [0.3, 0.4) is 0 Å². The van der Waals surface area contributed by atoms with Crippen molar-refractivity contribution in [1.29, 1.82) is 0 Å². The summed E-state index contributed by atoms with van der Waals surface area (Å²) in [6, 6.07) is 22.2. The fourth-order valence-corrected chi connectivity index (χ4v) is 2.90. The molecule has 3 aromatic rings. The van der Waals surface area contributed by atoms with Crippen LogP contribution in [0.5, 0.6) is 5.75 Å². The van der Waals surface area contributed by atoms with E-state index < -0.39 is 0 Å². The van der Waals surface area contributed by atoms with Gasteiger partial charge in [-0.25, -0.2) is 0 Å². The minimum Gasteiger partial charge on any atom is -0.489 e. The third-order valence-corrected chi connectivity index (χ3v) is 4.29. The lowest BCUT2D eigenvalue weighted by atomic mass is 10.1. The Bertz CT molecular complexity index is 668. The third kappa shape index (κ3) is 4.10. The highest BCUT2D eigenvalue weighted by atomic mass is 35.5. The smallest absolute Gasteiger partial charge is 0.119 e. The SMILES string of the molecule is Cl.N[C@H](c1ccc(OCc2ccccc2)cc1)c1cccs1. The van der Waals surface area contributed by atoms with E-state index in [9.17, 15) is 0 Å². The number of benzene rings is 2. The Morgan fingerprint density at radius 2 is 1.64 bits per heavy atom. The number of thiophene rings is 1. The molecule has 0 saturated carbocycles. The largest absolute Gasteiger partial charge is 0.489 e. The van der Waals surface area contributed by atoms with Gasteiger partial charge in [0.05, 0.1) is 6.04 Å². The molecule has 0 saturated heterocycles. The standard InChI is InChI=1S/C18H17NOS.ClH/c19-18(17-7-4-12-21-17)15-8-10-16(11-9-15)20-13-14-5-2-1-3-6-14;/h1-12,18H,13,19H2;1H/t18-;/m1./s1. The van der Waals surface area contributed by atoms with E-state index in [4.69, 9.17) is 10.5 Å². The van der Waals surface area contributed by atoms with Crippen molar-refractivity contribution in [1.82, 2.24) is 0 Å². The molecule has 0 unspecified atom stereocenters. The molecule has 22 heavy (non-hydrogen) atoms. The van der Waals surface area contributed by atoms with Crippen LogP contribution in [-0.2, 0) is 6.61 Å². The second kappa shape index (κ2) is 7.99. The van der Waals surface area contributed by atoms with Crippen LogP contribution in [0, 0.1) is 0 Å². The number of hydrogen-bond acceptors (Lipinski definition) is 3. The molecule has 0 amide bonds. The highest BCUT2D eigenvalue weighted by molar-refractivity contribution is 7.10. The van der Waals surface area contributed by atoms with Gasteiger partial charge < -0.3 is 10.5 Å². The molecule has 0 bridgehead atoms. The fourth-order valence-electron chi connectivity index (χ4n) is 2.14. The molecule has 3 rings (SSSR count). The van der Waals surface area contributed by atoms with Crippen LogP contribution in [0.2, 0.25) is 0 Å². The van der Waals surface area contributed by atoms with Gasteiger partial charge in [-0.15, -0.1) is 23.7 Å². The average Bonchev–Trinajstić information content (AvgIpc) is 3.08. The van der Waals surface area contributed by atoms with E-state index in [-0.39, 0.29) is 18.4 Å². The molecule has 0 aliphatic carbocycles. The summed E-state index contributed by atoms with van der Waals surface area (Å²) in [6.45, 7) is 0.581. The highest BCUT2D eigenvalue weighted by Gasteiger charge is 2.09. The van der Waals surface area contributed by atoms with Crippen LogP contribution < -0.4 is 10.5 Å². The monoisotopic (exact) mass is 331 g/mol. The quantitative estimate of drug-likeness (QED) is 0.729. The van der Waals surface area contributed by atoms with Crippen molar-refractivity contribution < 1.29 is 4.74 Å². The predicted molar refractivity (Wildman–Crippen MR) is 94.8 cm³/mol. The Hall–Kier alpha value is -1.81. The van der Waals surface area contributed by atoms with Gasteiger partial charge in [-0.1, -0.05) is 48.5 Å². The van der Waals surface area contributed by atoms with Crippen LogP contribution in [0.15, 0.2) is 72.1 Å². The Morgan fingerprint density at radius 3 is 2.27 bits per heavy atom. The van der Waals surface area contributed by atoms with Crippen molar-refractivity contribution in [3.8, 4) is 5.75 Å². The first-order valence-electron chi connectivity index (χ1n) is 6.88. The van der Waals surface area contributed by atoms with Gasteiger partial charge in [0.1, 0.15) is 12.4 Å². The molecule has 0 radical (unpaired) electrons. The first-order valence-corrected chi connectivity index (χ1v) is 7.76. The maximum Gasteiger partial charge on any atom is 0.119 e. The van der Waals surface area contributed by atoms with Gasteiger partial charge in [0.25, 0.3) is 0 Å². The Labute approximate surface area is 141 Å². The molecular formula is C18H18ClNOS. The van der Waals surface area contributed by atoms with Crippen LogP contribution in [0.25, 0.3) is 0 Å². The van der Waals surface area contributed by atoms with E-state index in [0.717, 1.165) is 16.9 Å². The van der Waals surface area contributed by atoms with E-state index in [1.54, 1.807) is 11.3 Å². The van der Waals surface area contributed by atoms with Gasteiger partial charge in [-0.05, 0) is 34.7 Å². The third-order valence-electron chi connectivity index (χ3n) is 3.34. The maximum absolute atomic E-state index is 6.25. The van der Waals surface area contributed by atoms with Crippen molar-refractivity contribution in [2.24, 2.45) is 5.73 Å². The molecule has 0 spiro atoms. The van der Waals surface area contributed by atoms with Crippen LogP contribution >= 0.6 is 23.7 Å². The predicted octanol–water partition coefficient (Wildman–Crippen LogP) is 4.80. The van der Waals surface area contributed by atoms with E-state index in [0.29, 0.717) is 6.61 Å². The molecule has 0 fully saturated rings. The van der Waals surface area contributed by atoms with E-state index in [1.165, 1.54) is 4.88 Å². The summed E-state index contributed by atoms with van der Waals surface area (Å²) in [5.74, 6) is 0.862. The van der Waals surface area contributed by atoms with Gasteiger partial charge in [0, 0.05) is 4.88 Å². The molecule has 2 aromatic carbocycles. The van der Waals surface area contributed by atoms with Gasteiger partial charge in [0.15, 0.2) is 0 Å². The van der Waals surface area contributed by atoms with Crippen LogP contribution in [0.1, 0.15) is 22.0 Å². The van der Waals surface area contributed by atoms with Crippen LogP contribution in [0.4, 0.5) is 0 Å². The summed E-state index contributed by atoms with van der Waals surface area (Å²) in [5.41, 5.74) is 8.51. The summed E-state index contributed by atoms with van der Waals surface area (Å²) in [7, 11) is 0. The minimum absolute atomic E-state index is 0. The van der Waals surface area contributed by atoms with Crippen molar-refractivity contribution in [2.75, 3.05) is 0 Å². The first-order chi connectivity index (χ1) is 10.3. The fraction of sp³-hybridized carbons (Fsp3) is 0.111. The molecule has 2 nitrogen and oxygen atoms in total. The molecule has 4 heteroatoms. The van der Waals surface area contributed by atoms with Crippen LogP contribution in [-0.4, -0.2) is 0 Å². The van der Waals surface area contributed by atoms with E-state index in [2.05, 4.69) is 18.2 Å². The Balaban J connectivity index is 0.00000176. The topological polar surface area (TPSA) is 35.2 Å². The zero-order valence-corrected chi connectivity index (χ0v) is 13.6. The second-order valence-electron chi connectivity index (χ2n) is 4.84. The number of ether oxygens (including phenoxy) is 1. The molecular weight excluding hydrogens is 314 g/mol. The molecule has 2 N–H and O–H groups in total. The zero-order chi connectivity index (χ0) is 14.5. The lowest BCUT2D eigenvalue weighted by Gasteiger charge is -2.11. The summed E-state index contributed by atoms with van der Waals surface area (Å²) >= 11 is 1.68. The van der Waals surface area contributed by atoms with E-state index in [1.807, 2.05) is 53.9 Å². The number of halogens is 1. The van der Waals surface area contributed by atoms with Gasteiger partial charge in [-0.2, -0.15) is 0 Å². The lowest BCUT2D eigenvalue weighted by molar-refractivity contribution is 0.306. The highest BCUT2D eigenvalue weighted by Crippen LogP contribution is 2.25. The lowest BCUT2D eigenvalue weighted by Crippen LogP contribution is -2.09. The Morgan fingerprint density at radius 1 is 0.909 bits per heavy atom. The summed E-state index contributed by atoms with van der Waals surface area (Å²) in [4.78, 5) is 1.17. The van der Waals surface area contributed by atoms with Gasteiger partial charge >= 0.3 is 0 Å². The summed E-state index contributed by atoms with van der Waals surface area (Å²) in [5, 5.41) is 2.05. The van der Waals surface area contributed by atoms with Crippen molar-refractivity contribution >= 4 is 23.7 Å². The molecule has 1 heterocycles. The van der Waals surface area contributed by atoms with Crippen molar-refractivity contribution in [3.05, 3.63) is 88.1 Å². The summed E-state index contributed by atoms with van der Waals surface area (Å²) < 4.78 is 5.78. The second-order valence-corrected chi connectivity index (χ2v) is 5.82. The average molecular weight is 332 g/mol. The number of hydrogen-bond donors (Lipinski definition) is 1. The van der Waals surface area contributed by atoms with Gasteiger partial charge in [-0.3, -0.25) is 0 Å². The molecule has 0 aliphatic heterocycles. The maximum atomic E-state index is 6.25. The number of nitrogens with two attached hydrogens (primary N) is 1. The number of rotatable bonds is 5. The minimum atomic E-state index is -0.0619. The molecule has 114 valence electrons. The molecule has 1 aromatic heterocycles. The zero-order valence-electron chi connectivity index (χ0n) is 12.0. The van der Waals surface area contributed by atoms with Gasteiger partial charge in [0.2, 0.25) is 0 Å². The molecule has 0 aliphatic rings. The van der Waals surface area contributed by atoms with E-state index >= 15 is 0 Å². The first kappa shape index (κ1) is 16.6. The molecule has 1 atom stereocenters.